The number of phenolic OH excluding ortho intramolecular Hbond substituents is 1. The largest absolute Gasteiger partial charge is 0.502 e. The van der Waals surface area contributed by atoms with Gasteiger partial charge in [0, 0.05) is 17.1 Å². The minimum absolute atomic E-state index is 0.111. The molecule has 0 aliphatic rings. The summed E-state index contributed by atoms with van der Waals surface area (Å²) in [7, 11) is -0.909. The minimum Gasteiger partial charge on any atom is -0.502 e. The van der Waals surface area contributed by atoms with Crippen molar-refractivity contribution in [2.24, 2.45) is 0 Å². The molecule has 0 unspecified atom stereocenters. The number of fused-ring (bicyclic) bond motifs is 1. The van der Waals surface area contributed by atoms with E-state index in [1.807, 2.05) is 19.1 Å². The van der Waals surface area contributed by atoms with Crippen molar-refractivity contribution in [1.82, 2.24) is 3.97 Å². The first-order valence-electron chi connectivity index (χ1n) is 9.24. The van der Waals surface area contributed by atoms with Crippen LogP contribution in [0.15, 0.2) is 71.8 Å². The summed E-state index contributed by atoms with van der Waals surface area (Å²) in [5.41, 5.74) is 2.88. The van der Waals surface area contributed by atoms with Crippen molar-refractivity contribution >= 4 is 20.9 Å². The molecule has 0 spiro atoms. The first-order chi connectivity index (χ1) is 14.4. The van der Waals surface area contributed by atoms with E-state index in [0.29, 0.717) is 16.6 Å². The van der Waals surface area contributed by atoms with E-state index in [2.05, 4.69) is 0 Å². The summed E-state index contributed by atoms with van der Waals surface area (Å²) in [6.45, 7) is 1.91. The van der Waals surface area contributed by atoms with E-state index >= 15 is 0 Å². The van der Waals surface area contributed by atoms with E-state index in [9.17, 15) is 13.5 Å². The molecule has 0 radical (unpaired) electrons. The second kappa shape index (κ2) is 7.42. The van der Waals surface area contributed by atoms with Crippen molar-refractivity contribution < 1.29 is 23.0 Å². The van der Waals surface area contributed by atoms with Crippen LogP contribution in [0.2, 0.25) is 0 Å². The predicted octanol–water partition coefficient (Wildman–Crippen LogP) is 4.58. The third-order valence-corrected chi connectivity index (χ3v) is 6.73. The van der Waals surface area contributed by atoms with Crippen molar-refractivity contribution in [1.29, 1.82) is 0 Å². The molecule has 154 valence electrons. The van der Waals surface area contributed by atoms with Crippen molar-refractivity contribution in [2.45, 2.75) is 11.8 Å². The first kappa shape index (κ1) is 19.8. The Kier molecular flexibility index (Phi) is 4.91. The zero-order chi connectivity index (χ0) is 21.5. The molecule has 0 saturated carbocycles. The Labute approximate surface area is 175 Å². The Bertz CT molecular complexity index is 1310. The Morgan fingerprint density at radius 3 is 2.10 bits per heavy atom. The second-order valence-corrected chi connectivity index (χ2v) is 8.72. The zero-order valence-corrected chi connectivity index (χ0v) is 17.6. The van der Waals surface area contributed by atoms with Gasteiger partial charge in [-0.25, -0.2) is 12.4 Å². The van der Waals surface area contributed by atoms with E-state index in [-0.39, 0.29) is 22.1 Å². The second-order valence-electron chi connectivity index (χ2n) is 6.90. The molecule has 1 N–H and O–H groups in total. The fourth-order valence-corrected chi connectivity index (χ4v) is 4.82. The van der Waals surface area contributed by atoms with E-state index in [0.717, 1.165) is 10.9 Å². The number of aromatic nitrogens is 1. The van der Waals surface area contributed by atoms with Gasteiger partial charge < -0.3 is 14.6 Å². The number of benzene rings is 3. The number of nitrogens with zero attached hydrogens (tertiary/aromatic N) is 1. The minimum atomic E-state index is -3.80. The lowest BCUT2D eigenvalue weighted by molar-refractivity contribution is 0.340. The maximum Gasteiger partial charge on any atom is 0.268 e. The van der Waals surface area contributed by atoms with Gasteiger partial charge in [0.05, 0.1) is 24.6 Å². The van der Waals surface area contributed by atoms with Crippen LogP contribution in [0.1, 0.15) is 5.56 Å². The Morgan fingerprint density at radius 2 is 1.50 bits per heavy atom. The van der Waals surface area contributed by atoms with Gasteiger partial charge in [-0.15, -0.1) is 0 Å². The molecule has 1 aromatic heterocycles. The smallest absolute Gasteiger partial charge is 0.268 e. The van der Waals surface area contributed by atoms with Crippen LogP contribution in [0, 0.1) is 6.92 Å². The number of hydrogen-bond donors (Lipinski definition) is 1. The highest BCUT2D eigenvalue weighted by atomic mass is 32.2. The molecule has 6 nitrogen and oxygen atoms in total. The molecule has 4 aromatic rings. The van der Waals surface area contributed by atoms with E-state index in [4.69, 9.17) is 9.47 Å². The molecule has 3 aromatic carbocycles. The lowest BCUT2D eigenvalue weighted by atomic mass is 10.0. The first-order valence-corrected chi connectivity index (χ1v) is 10.7. The van der Waals surface area contributed by atoms with E-state index in [1.54, 1.807) is 54.7 Å². The van der Waals surface area contributed by atoms with Crippen LogP contribution in [0.5, 0.6) is 17.2 Å². The summed E-state index contributed by atoms with van der Waals surface area (Å²) >= 11 is 0. The molecule has 7 heteroatoms. The molecule has 4 rings (SSSR count). The summed E-state index contributed by atoms with van der Waals surface area (Å²) in [6.07, 6.45) is 1.59. The van der Waals surface area contributed by atoms with Gasteiger partial charge in [-0.1, -0.05) is 35.9 Å². The molecule has 0 aliphatic carbocycles. The monoisotopic (exact) mass is 423 g/mol. The summed E-state index contributed by atoms with van der Waals surface area (Å²) in [5, 5.41) is 11.0. The Morgan fingerprint density at radius 1 is 0.900 bits per heavy atom. The van der Waals surface area contributed by atoms with Gasteiger partial charge in [-0.3, -0.25) is 0 Å². The van der Waals surface area contributed by atoms with Gasteiger partial charge in [0.15, 0.2) is 11.5 Å². The van der Waals surface area contributed by atoms with Gasteiger partial charge in [0.25, 0.3) is 10.0 Å². The van der Waals surface area contributed by atoms with Crippen LogP contribution >= 0.6 is 0 Å². The molecule has 0 aliphatic heterocycles. The number of phenols is 1. The third kappa shape index (κ3) is 3.17. The number of ether oxygens (including phenoxy) is 2. The zero-order valence-electron chi connectivity index (χ0n) is 16.8. The highest BCUT2D eigenvalue weighted by Gasteiger charge is 2.23. The molecule has 0 bridgehead atoms. The van der Waals surface area contributed by atoms with Crippen molar-refractivity contribution in [3.05, 3.63) is 72.4 Å². The molecular formula is C23H21NO5S. The number of aryl methyl sites for hydroxylation is 1. The van der Waals surface area contributed by atoms with Gasteiger partial charge >= 0.3 is 0 Å². The standard InChI is InChI=1S/C23H21NO5S/c1-15-8-10-17(11-9-15)30(26,27)24-14-19(18-6-4-5-7-20(18)24)16-12-21(28-2)23(25)22(13-16)29-3/h4-14,25H,1-3H3. The third-order valence-electron chi connectivity index (χ3n) is 5.05. The summed E-state index contributed by atoms with van der Waals surface area (Å²) < 4.78 is 38.6. The van der Waals surface area contributed by atoms with E-state index in [1.165, 1.54) is 18.2 Å². The number of aromatic hydroxyl groups is 1. The topological polar surface area (TPSA) is 77.8 Å². The Hall–Kier alpha value is -3.45. The molecule has 1 heterocycles. The lowest BCUT2D eigenvalue weighted by Crippen LogP contribution is -2.11. The van der Waals surface area contributed by atoms with Crippen LogP contribution in [0.3, 0.4) is 0 Å². The highest BCUT2D eigenvalue weighted by molar-refractivity contribution is 7.90. The van der Waals surface area contributed by atoms with Crippen LogP contribution < -0.4 is 9.47 Å². The molecule has 0 amide bonds. The Balaban J connectivity index is 1.98. The fourth-order valence-electron chi connectivity index (χ4n) is 3.45. The summed E-state index contributed by atoms with van der Waals surface area (Å²) in [6, 6.07) is 17.3. The van der Waals surface area contributed by atoms with Crippen molar-refractivity contribution in [3.8, 4) is 28.4 Å². The highest BCUT2D eigenvalue weighted by Crippen LogP contribution is 2.42. The van der Waals surface area contributed by atoms with Gasteiger partial charge in [0.2, 0.25) is 5.75 Å². The van der Waals surface area contributed by atoms with Crippen molar-refractivity contribution in [2.75, 3.05) is 14.2 Å². The van der Waals surface area contributed by atoms with E-state index < -0.39 is 10.0 Å². The lowest BCUT2D eigenvalue weighted by Gasteiger charge is -2.11. The van der Waals surface area contributed by atoms with Crippen molar-refractivity contribution in [3.63, 3.8) is 0 Å². The average Bonchev–Trinajstić information content (AvgIpc) is 3.15. The molecule has 0 fully saturated rings. The fraction of sp³-hybridized carbons (Fsp3) is 0.130. The SMILES string of the molecule is COc1cc(-c2cn(S(=O)(=O)c3ccc(C)cc3)c3ccccc23)cc(OC)c1O. The molecule has 0 atom stereocenters. The molecule has 0 saturated heterocycles. The number of methoxy groups -OCH3 is 2. The summed E-state index contributed by atoms with van der Waals surface area (Å²) in [5.74, 6) is 0.366. The number of rotatable bonds is 5. The normalized spacial score (nSPS) is 11.6. The molecular weight excluding hydrogens is 402 g/mol. The number of hydrogen-bond acceptors (Lipinski definition) is 5. The maximum absolute atomic E-state index is 13.4. The van der Waals surface area contributed by atoms with Gasteiger partial charge in [-0.05, 0) is 42.8 Å². The molecule has 30 heavy (non-hydrogen) atoms. The number of para-hydroxylation sites is 1. The van der Waals surface area contributed by atoms with Crippen LogP contribution in [0.4, 0.5) is 0 Å². The van der Waals surface area contributed by atoms with Crippen LogP contribution in [-0.2, 0) is 10.0 Å². The van der Waals surface area contributed by atoms with Crippen LogP contribution in [-0.4, -0.2) is 31.7 Å². The average molecular weight is 423 g/mol. The maximum atomic E-state index is 13.4. The van der Waals surface area contributed by atoms with Gasteiger partial charge in [0.1, 0.15) is 0 Å². The summed E-state index contributed by atoms with van der Waals surface area (Å²) in [4.78, 5) is 0.210. The predicted molar refractivity (Wildman–Crippen MR) is 116 cm³/mol. The van der Waals surface area contributed by atoms with Crippen LogP contribution in [0.25, 0.3) is 22.0 Å². The quantitative estimate of drug-likeness (QED) is 0.509. The van der Waals surface area contributed by atoms with Gasteiger partial charge in [-0.2, -0.15) is 0 Å².